The zero-order chi connectivity index (χ0) is 18.8. The normalized spacial score (nSPS) is 24.4. The number of aryl methyl sites for hydroxylation is 1. The summed E-state index contributed by atoms with van der Waals surface area (Å²) in [7, 11) is 0. The molecule has 2 atom stereocenters. The van der Waals surface area contributed by atoms with Crippen molar-refractivity contribution in [3.8, 4) is 0 Å². The van der Waals surface area contributed by atoms with Crippen LogP contribution in [0.25, 0.3) is 0 Å². The third-order valence-electron chi connectivity index (χ3n) is 5.40. The lowest BCUT2D eigenvalue weighted by molar-refractivity contribution is 0.0336. The summed E-state index contributed by atoms with van der Waals surface area (Å²) in [5.41, 5.74) is 0.230. The number of nitrogens with zero attached hydrogens (tertiary/aromatic N) is 4. The third kappa shape index (κ3) is 4.19. The molecule has 2 aromatic heterocycles. The Kier molecular flexibility index (Phi) is 5.22. The zero-order valence-electron chi connectivity index (χ0n) is 15.4. The van der Waals surface area contributed by atoms with Gasteiger partial charge in [-0.25, -0.2) is 0 Å². The molecule has 2 aromatic rings. The molecule has 1 aliphatic heterocycles. The van der Waals surface area contributed by atoms with Crippen molar-refractivity contribution in [1.29, 1.82) is 0 Å². The van der Waals surface area contributed by atoms with Crippen LogP contribution >= 0.6 is 0 Å². The van der Waals surface area contributed by atoms with Crippen LogP contribution in [0.4, 0.5) is 0 Å². The highest BCUT2D eigenvalue weighted by Gasteiger charge is 2.31. The number of amides is 1. The first-order valence-electron chi connectivity index (χ1n) is 9.55. The van der Waals surface area contributed by atoms with E-state index in [-0.39, 0.29) is 17.6 Å². The number of carbonyl (C=O) groups is 1. The Balaban J connectivity index is 1.29. The molecule has 0 radical (unpaired) electrons. The fourth-order valence-corrected chi connectivity index (χ4v) is 3.90. The van der Waals surface area contributed by atoms with Crippen molar-refractivity contribution in [2.45, 2.75) is 63.6 Å². The van der Waals surface area contributed by atoms with Crippen LogP contribution in [-0.4, -0.2) is 56.4 Å². The van der Waals surface area contributed by atoms with Crippen molar-refractivity contribution >= 4 is 5.91 Å². The molecular formula is C18H25N5O4. The van der Waals surface area contributed by atoms with Gasteiger partial charge in [0.15, 0.2) is 11.5 Å². The van der Waals surface area contributed by atoms with Crippen molar-refractivity contribution in [2.75, 3.05) is 13.1 Å². The zero-order valence-corrected chi connectivity index (χ0v) is 15.4. The Labute approximate surface area is 157 Å². The van der Waals surface area contributed by atoms with Crippen molar-refractivity contribution in [2.24, 2.45) is 0 Å². The molecule has 2 fully saturated rings. The molecule has 1 saturated heterocycles. The van der Waals surface area contributed by atoms with Gasteiger partial charge in [0, 0.05) is 25.1 Å². The first-order valence-corrected chi connectivity index (χ1v) is 9.55. The number of aromatic nitrogens is 3. The van der Waals surface area contributed by atoms with Crippen LogP contribution in [0.2, 0.25) is 0 Å². The van der Waals surface area contributed by atoms with E-state index in [9.17, 15) is 9.90 Å². The van der Waals surface area contributed by atoms with Gasteiger partial charge in [-0.1, -0.05) is 23.2 Å². The largest absolute Gasteiger partial charge is 0.390 e. The Morgan fingerprint density at radius 1 is 1.30 bits per heavy atom. The highest BCUT2D eigenvalue weighted by molar-refractivity contribution is 5.92. The summed E-state index contributed by atoms with van der Waals surface area (Å²) in [6.07, 6.45) is 4.66. The highest BCUT2D eigenvalue weighted by Crippen LogP contribution is 2.33. The predicted molar refractivity (Wildman–Crippen MR) is 93.9 cm³/mol. The van der Waals surface area contributed by atoms with E-state index in [2.05, 4.69) is 25.5 Å². The quantitative estimate of drug-likeness (QED) is 0.805. The molecular weight excluding hydrogens is 350 g/mol. The molecule has 9 nitrogen and oxygen atoms in total. The van der Waals surface area contributed by atoms with Crippen molar-refractivity contribution in [1.82, 2.24) is 25.5 Å². The van der Waals surface area contributed by atoms with E-state index in [1.54, 1.807) is 13.0 Å². The molecule has 3 heterocycles. The van der Waals surface area contributed by atoms with Gasteiger partial charge >= 0.3 is 0 Å². The standard InChI is InChI=1S/C18H25N5O4/c1-11-8-14(21-26-11)17(25)19-13-6-7-23(9-15(13)24)10-16-20-18(27-22-16)12-4-2-3-5-12/h8,12-13,15,24H,2-7,9-10H2,1H3,(H,19,25)/t13-,15-/m1/s1. The highest BCUT2D eigenvalue weighted by atomic mass is 16.5. The van der Waals surface area contributed by atoms with Crippen LogP contribution in [-0.2, 0) is 6.54 Å². The number of rotatable bonds is 5. The second-order valence-corrected chi connectivity index (χ2v) is 7.52. The molecule has 9 heteroatoms. The summed E-state index contributed by atoms with van der Waals surface area (Å²) in [6.45, 7) is 3.44. The minimum Gasteiger partial charge on any atom is -0.390 e. The van der Waals surface area contributed by atoms with Crippen molar-refractivity contribution in [3.05, 3.63) is 29.2 Å². The van der Waals surface area contributed by atoms with Crippen LogP contribution in [0, 0.1) is 6.92 Å². The fraction of sp³-hybridized carbons (Fsp3) is 0.667. The number of nitrogens with one attached hydrogen (secondary N) is 1. The lowest BCUT2D eigenvalue weighted by Crippen LogP contribution is -2.53. The SMILES string of the molecule is Cc1cc(C(=O)N[C@@H]2CCN(Cc3noc(C4CCCC4)n3)C[C@H]2O)no1. The molecule has 0 bridgehead atoms. The second-order valence-electron chi connectivity index (χ2n) is 7.52. The first-order chi connectivity index (χ1) is 13.1. The van der Waals surface area contributed by atoms with Crippen LogP contribution in [0.15, 0.2) is 15.1 Å². The van der Waals surface area contributed by atoms with E-state index in [1.165, 1.54) is 12.8 Å². The van der Waals surface area contributed by atoms with Gasteiger partial charge in [0.05, 0.1) is 18.7 Å². The molecule has 1 aliphatic carbocycles. The van der Waals surface area contributed by atoms with Gasteiger partial charge in [-0.3, -0.25) is 9.69 Å². The maximum Gasteiger partial charge on any atom is 0.273 e. The molecule has 0 aromatic carbocycles. The third-order valence-corrected chi connectivity index (χ3v) is 5.40. The predicted octanol–water partition coefficient (Wildman–Crippen LogP) is 1.39. The van der Waals surface area contributed by atoms with Gasteiger partial charge in [-0.15, -0.1) is 0 Å². The van der Waals surface area contributed by atoms with Crippen molar-refractivity contribution in [3.63, 3.8) is 0 Å². The molecule has 1 saturated carbocycles. The van der Waals surface area contributed by atoms with Gasteiger partial charge in [0.2, 0.25) is 5.89 Å². The summed E-state index contributed by atoms with van der Waals surface area (Å²) >= 11 is 0. The molecule has 4 rings (SSSR count). The Hall–Kier alpha value is -2.26. The Bertz CT molecular complexity index is 782. The summed E-state index contributed by atoms with van der Waals surface area (Å²) in [4.78, 5) is 18.8. The van der Waals surface area contributed by atoms with Crippen LogP contribution < -0.4 is 5.32 Å². The van der Waals surface area contributed by atoms with Crippen LogP contribution in [0.3, 0.4) is 0 Å². The van der Waals surface area contributed by atoms with Gasteiger partial charge < -0.3 is 19.5 Å². The summed E-state index contributed by atoms with van der Waals surface area (Å²) in [6, 6.07) is 1.26. The first kappa shape index (κ1) is 18.1. The maximum absolute atomic E-state index is 12.2. The molecule has 27 heavy (non-hydrogen) atoms. The molecule has 1 amide bonds. The van der Waals surface area contributed by atoms with Crippen LogP contribution in [0.1, 0.15) is 66.0 Å². The number of β-amino-alcohol motifs (C(OH)–C–C–N with tert-alkyl or cyclic N) is 1. The number of hydrogen-bond donors (Lipinski definition) is 2. The lowest BCUT2D eigenvalue weighted by Gasteiger charge is -2.35. The number of hydrogen-bond acceptors (Lipinski definition) is 8. The molecule has 146 valence electrons. The summed E-state index contributed by atoms with van der Waals surface area (Å²) < 4.78 is 10.3. The van der Waals surface area contributed by atoms with Gasteiger partial charge in [-0.05, 0) is 26.2 Å². The minimum absolute atomic E-state index is 0.230. The number of carbonyl (C=O) groups excluding carboxylic acids is 1. The summed E-state index contributed by atoms with van der Waals surface area (Å²) in [5, 5.41) is 21.1. The van der Waals surface area contributed by atoms with Gasteiger partial charge in [-0.2, -0.15) is 4.98 Å². The fourth-order valence-electron chi connectivity index (χ4n) is 3.90. The van der Waals surface area contributed by atoms with E-state index >= 15 is 0 Å². The van der Waals surface area contributed by atoms with E-state index in [0.717, 1.165) is 25.3 Å². The van der Waals surface area contributed by atoms with Gasteiger partial charge in [0.25, 0.3) is 5.91 Å². The van der Waals surface area contributed by atoms with Crippen molar-refractivity contribution < 1.29 is 18.9 Å². The minimum atomic E-state index is -0.670. The number of likely N-dealkylation sites (tertiary alicyclic amines) is 1. The monoisotopic (exact) mass is 375 g/mol. The molecule has 2 aliphatic rings. The Morgan fingerprint density at radius 3 is 2.81 bits per heavy atom. The molecule has 0 unspecified atom stereocenters. The Morgan fingerprint density at radius 2 is 2.11 bits per heavy atom. The number of aliphatic hydroxyl groups excluding tert-OH is 1. The van der Waals surface area contributed by atoms with E-state index in [1.807, 2.05) is 0 Å². The van der Waals surface area contributed by atoms with Crippen LogP contribution in [0.5, 0.6) is 0 Å². The topological polar surface area (TPSA) is 118 Å². The average Bonchev–Trinajstić information content (AvgIpc) is 3.38. The smallest absolute Gasteiger partial charge is 0.273 e. The van der Waals surface area contributed by atoms with Gasteiger partial charge in [0.1, 0.15) is 5.76 Å². The number of piperidine rings is 1. The molecule has 2 N–H and O–H groups in total. The lowest BCUT2D eigenvalue weighted by atomic mass is 10.0. The van der Waals surface area contributed by atoms with E-state index < -0.39 is 6.10 Å². The second kappa shape index (κ2) is 7.77. The average molecular weight is 375 g/mol. The van der Waals surface area contributed by atoms with E-state index in [0.29, 0.717) is 37.0 Å². The maximum atomic E-state index is 12.2. The summed E-state index contributed by atoms with van der Waals surface area (Å²) in [5.74, 6) is 2.05. The molecule has 0 spiro atoms. The van der Waals surface area contributed by atoms with E-state index in [4.69, 9.17) is 9.05 Å². The number of aliphatic hydroxyl groups is 1.